The molecule has 1 heterocycles. The normalized spacial score (nSPS) is 11.1. The second kappa shape index (κ2) is 7.61. The smallest absolute Gasteiger partial charge is 0.157 e. The minimum Gasteiger partial charge on any atom is -0.486 e. The Bertz CT molecular complexity index is 581. The summed E-state index contributed by atoms with van der Waals surface area (Å²) in [5.41, 5.74) is 2.40. The fraction of sp³-hybridized carbons (Fsp3) is 0.438. The van der Waals surface area contributed by atoms with Gasteiger partial charge in [-0.3, -0.25) is 4.68 Å². The van der Waals surface area contributed by atoms with Crippen molar-refractivity contribution in [1.82, 2.24) is 15.1 Å². The number of benzene rings is 1. The van der Waals surface area contributed by atoms with Gasteiger partial charge in [0.1, 0.15) is 6.61 Å². The highest BCUT2D eigenvalue weighted by Crippen LogP contribution is 2.21. The van der Waals surface area contributed by atoms with E-state index in [0.29, 0.717) is 12.6 Å². The molecule has 5 heteroatoms. The lowest BCUT2D eigenvalue weighted by Crippen LogP contribution is -2.11. The first kappa shape index (κ1) is 16.0. The Hall–Kier alpha value is -1.33. The molecule has 0 fully saturated rings. The minimum absolute atomic E-state index is 0.347. The number of halogens is 1. The van der Waals surface area contributed by atoms with E-state index in [1.165, 1.54) is 5.56 Å². The molecule has 0 bridgehead atoms. The zero-order chi connectivity index (χ0) is 15.2. The molecular weight excluding hydrogens is 330 g/mol. The van der Waals surface area contributed by atoms with Crippen LogP contribution < -0.4 is 10.1 Å². The maximum absolute atomic E-state index is 5.80. The van der Waals surface area contributed by atoms with Gasteiger partial charge < -0.3 is 10.1 Å². The van der Waals surface area contributed by atoms with Crippen LogP contribution in [0.15, 0.2) is 35.1 Å². The van der Waals surface area contributed by atoms with E-state index in [4.69, 9.17) is 4.74 Å². The van der Waals surface area contributed by atoms with Crippen molar-refractivity contribution in [2.75, 3.05) is 6.54 Å². The number of hydrogen-bond donors (Lipinski definition) is 1. The molecule has 0 atom stereocenters. The summed E-state index contributed by atoms with van der Waals surface area (Å²) < 4.78 is 8.77. The number of hydrogen-bond acceptors (Lipinski definition) is 3. The molecule has 0 aliphatic carbocycles. The molecule has 0 saturated heterocycles. The molecule has 1 aromatic carbocycles. The summed E-state index contributed by atoms with van der Waals surface area (Å²) in [6.45, 7) is 8.69. The zero-order valence-corrected chi connectivity index (χ0v) is 14.4. The predicted molar refractivity (Wildman–Crippen MR) is 88.5 cm³/mol. The van der Waals surface area contributed by atoms with Crippen molar-refractivity contribution in [2.45, 2.75) is 40.0 Å². The van der Waals surface area contributed by atoms with Gasteiger partial charge in [-0.25, -0.2) is 0 Å². The van der Waals surface area contributed by atoms with E-state index in [2.05, 4.69) is 65.3 Å². The van der Waals surface area contributed by atoms with E-state index in [9.17, 15) is 0 Å². The molecule has 0 aliphatic heterocycles. The lowest BCUT2D eigenvalue weighted by Gasteiger charge is -2.09. The molecule has 4 nitrogen and oxygen atoms in total. The van der Waals surface area contributed by atoms with Crippen LogP contribution in [-0.4, -0.2) is 16.3 Å². The van der Waals surface area contributed by atoms with Gasteiger partial charge in [0, 0.05) is 22.6 Å². The van der Waals surface area contributed by atoms with Crippen molar-refractivity contribution in [3.8, 4) is 5.75 Å². The molecule has 21 heavy (non-hydrogen) atoms. The van der Waals surface area contributed by atoms with Gasteiger partial charge in [-0.05, 0) is 32.0 Å². The van der Waals surface area contributed by atoms with Gasteiger partial charge in [-0.1, -0.05) is 35.0 Å². The van der Waals surface area contributed by atoms with Crippen molar-refractivity contribution in [1.29, 1.82) is 0 Å². The van der Waals surface area contributed by atoms with Gasteiger partial charge in [0.15, 0.2) is 5.75 Å². The Balaban J connectivity index is 1.96. The van der Waals surface area contributed by atoms with Crippen LogP contribution in [0.4, 0.5) is 0 Å². The van der Waals surface area contributed by atoms with Crippen LogP contribution in [0.3, 0.4) is 0 Å². The summed E-state index contributed by atoms with van der Waals surface area (Å²) in [5.74, 6) is 0.798. The molecule has 0 aliphatic rings. The maximum Gasteiger partial charge on any atom is 0.157 e. The first-order valence-corrected chi connectivity index (χ1v) is 8.04. The van der Waals surface area contributed by atoms with E-state index in [1.807, 2.05) is 10.9 Å². The summed E-state index contributed by atoms with van der Waals surface area (Å²) >= 11 is 3.61. The third-order valence-corrected chi connectivity index (χ3v) is 3.94. The van der Waals surface area contributed by atoms with Crippen molar-refractivity contribution in [2.24, 2.45) is 0 Å². The second-order valence-electron chi connectivity index (χ2n) is 5.24. The van der Waals surface area contributed by atoms with Crippen molar-refractivity contribution in [3.63, 3.8) is 0 Å². The quantitative estimate of drug-likeness (QED) is 0.821. The molecule has 0 radical (unpaired) electrons. The third-order valence-electron chi connectivity index (χ3n) is 3.20. The van der Waals surface area contributed by atoms with Gasteiger partial charge in [0.2, 0.25) is 0 Å². The van der Waals surface area contributed by atoms with Crippen molar-refractivity contribution in [3.05, 3.63) is 46.2 Å². The minimum atomic E-state index is 0.347. The standard InChI is InChI=1S/C16H22BrN3O/c1-4-18-8-13-5-6-14(16(17)7-13)11-21-15-9-19-20(10-15)12(2)3/h5-7,9-10,12,18H,4,8,11H2,1-3H3. The molecule has 2 aromatic rings. The number of nitrogens with one attached hydrogen (secondary N) is 1. The molecule has 0 saturated carbocycles. The fourth-order valence-electron chi connectivity index (χ4n) is 1.93. The first-order valence-electron chi connectivity index (χ1n) is 7.25. The summed E-state index contributed by atoms with van der Waals surface area (Å²) in [7, 11) is 0. The van der Waals surface area contributed by atoms with Crippen LogP contribution in [0, 0.1) is 0 Å². The number of aromatic nitrogens is 2. The Morgan fingerprint density at radius 1 is 1.38 bits per heavy atom. The highest BCUT2D eigenvalue weighted by Gasteiger charge is 2.05. The lowest BCUT2D eigenvalue weighted by molar-refractivity contribution is 0.304. The monoisotopic (exact) mass is 351 g/mol. The maximum atomic E-state index is 5.80. The number of ether oxygens (including phenoxy) is 1. The predicted octanol–water partition coefficient (Wildman–Crippen LogP) is 3.92. The Morgan fingerprint density at radius 2 is 2.19 bits per heavy atom. The van der Waals surface area contributed by atoms with Gasteiger partial charge in [-0.2, -0.15) is 5.10 Å². The van der Waals surface area contributed by atoms with Crippen LogP contribution >= 0.6 is 15.9 Å². The molecule has 0 unspecified atom stereocenters. The van der Waals surface area contributed by atoms with Crippen LogP contribution in [0.25, 0.3) is 0 Å². The summed E-state index contributed by atoms with van der Waals surface area (Å²) in [6.07, 6.45) is 3.69. The van der Waals surface area contributed by atoms with Crippen molar-refractivity contribution < 1.29 is 4.74 Å². The third kappa shape index (κ3) is 4.58. The van der Waals surface area contributed by atoms with E-state index < -0.39 is 0 Å². The summed E-state index contributed by atoms with van der Waals surface area (Å²) in [5, 5.41) is 7.59. The molecule has 0 spiro atoms. The number of rotatable bonds is 7. The Labute approximate surface area is 134 Å². The van der Waals surface area contributed by atoms with Crippen LogP contribution in [0.1, 0.15) is 37.9 Å². The van der Waals surface area contributed by atoms with Crippen LogP contribution in [0.2, 0.25) is 0 Å². The molecular formula is C16H22BrN3O. The zero-order valence-electron chi connectivity index (χ0n) is 12.8. The van der Waals surface area contributed by atoms with E-state index in [0.717, 1.165) is 28.9 Å². The van der Waals surface area contributed by atoms with Gasteiger partial charge >= 0.3 is 0 Å². The van der Waals surface area contributed by atoms with Gasteiger partial charge in [0.25, 0.3) is 0 Å². The molecule has 1 N–H and O–H groups in total. The first-order chi connectivity index (χ1) is 10.1. The number of nitrogens with zero attached hydrogens (tertiary/aromatic N) is 2. The molecule has 1 aromatic heterocycles. The van der Waals surface area contributed by atoms with Gasteiger partial charge in [0.05, 0.1) is 12.4 Å². The topological polar surface area (TPSA) is 39.1 Å². The van der Waals surface area contributed by atoms with Crippen molar-refractivity contribution >= 4 is 15.9 Å². The Morgan fingerprint density at radius 3 is 2.81 bits per heavy atom. The van der Waals surface area contributed by atoms with Crippen LogP contribution in [-0.2, 0) is 13.2 Å². The fourth-order valence-corrected chi connectivity index (χ4v) is 2.47. The van der Waals surface area contributed by atoms with E-state index >= 15 is 0 Å². The Kier molecular flexibility index (Phi) is 5.82. The molecule has 2 rings (SSSR count). The average Bonchev–Trinajstić information content (AvgIpc) is 2.93. The van der Waals surface area contributed by atoms with E-state index in [1.54, 1.807) is 6.20 Å². The average molecular weight is 352 g/mol. The highest BCUT2D eigenvalue weighted by atomic mass is 79.9. The summed E-state index contributed by atoms with van der Waals surface area (Å²) in [4.78, 5) is 0. The molecule has 114 valence electrons. The highest BCUT2D eigenvalue weighted by molar-refractivity contribution is 9.10. The largest absolute Gasteiger partial charge is 0.486 e. The van der Waals surface area contributed by atoms with E-state index in [-0.39, 0.29) is 0 Å². The summed E-state index contributed by atoms with van der Waals surface area (Å²) in [6, 6.07) is 6.71. The van der Waals surface area contributed by atoms with Gasteiger partial charge in [-0.15, -0.1) is 0 Å². The molecule has 0 amide bonds. The lowest BCUT2D eigenvalue weighted by atomic mass is 10.1. The van der Waals surface area contributed by atoms with Crippen LogP contribution in [0.5, 0.6) is 5.75 Å². The SMILES string of the molecule is CCNCc1ccc(COc2cnn(C(C)C)c2)c(Br)c1. The second-order valence-corrected chi connectivity index (χ2v) is 6.10.